The fourth-order valence-corrected chi connectivity index (χ4v) is 4.11. The van der Waals surface area contributed by atoms with Gasteiger partial charge in [-0.15, -0.1) is 0 Å². The average Bonchev–Trinajstić information content (AvgIpc) is 2.79. The summed E-state index contributed by atoms with van der Waals surface area (Å²) in [5.41, 5.74) is 1.36. The predicted molar refractivity (Wildman–Crippen MR) is 138 cm³/mol. The van der Waals surface area contributed by atoms with Gasteiger partial charge in [0.1, 0.15) is 17.9 Å². The van der Waals surface area contributed by atoms with Crippen molar-refractivity contribution in [1.82, 2.24) is 5.32 Å². The number of imide groups is 2. The molecule has 0 saturated carbocycles. The van der Waals surface area contributed by atoms with Crippen LogP contribution in [0.3, 0.4) is 0 Å². The van der Waals surface area contributed by atoms with Crippen LogP contribution in [0.5, 0.6) is 5.75 Å². The van der Waals surface area contributed by atoms with Crippen molar-refractivity contribution in [2.75, 3.05) is 4.90 Å². The summed E-state index contributed by atoms with van der Waals surface area (Å²) in [6.45, 7) is 0.277. The molecular formula is C24H14Br2Cl2N2O4. The highest BCUT2D eigenvalue weighted by Gasteiger charge is 2.37. The van der Waals surface area contributed by atoms with Gasteiger partial charge in [0.25, 0.3) is 11.8 Å². The van der Waals surface area contributed by atoms with Crippen LogP contribution in [0.4, 0.5) is 10.5 Å². The summed E-state index contributed by atoms with van der Waals surface area (Å²) in [5, 5.41) is 2.62. The van der Waals surface area contributed by atoms with E-state index < -0.39 is 17.8 Å². The van der Waals surface area contributed by atoms with Gasteiger partial charge in [-0.05, 0) is 60.2 Å². The Morgan fingerprint density at radius 2 is 1.59 bits per heavy atom. The molecule has 0 atom stereocenters. The first-order valence-electron chi connectivity index (χ1n) is 9.76. The minimum absolute atomic E-state index is 0.165. The maximum absolute atomic E-state index is 13.2. The van der Waals surface area contributed by atoms with Crippen LogP contribution in [0.1, 0.15) is 11.1 Å². The Morgan fingerprint density at radius 3 is 2.29 bits per heavy atom. The van der Waals surface area contributed by atoms with E-state index in [-0.39, 0.29) is 27.9 Å². The second kappa shape index (κ2) is 10.3. The number of amides is 4. The van der Waals surface area contributed by atoms with E-state index in [9.17, 15) is 14.4 Å². The summed E-state index contributed by atoms with van der Waals surface area (Å²) in [5.74, 6) is -1.16. The molecule has 1 fully saturated rings. The highest BCUT2D eigenvalue weighted by molar-refractivity contribution is 9.10. The number of hydrogen-bond acceptors (Lipinski definition) is 4. The van der Waals surface area contributed by atoms with E-state index in [4.69, 9.17) is 27.9 Å². The van der Waals surface area contributed by atoms with Crippen LogP contribution < -0.4 is 15.0 Å². The van der Waals surface area contributed by atoms with E-state index >= 15 is 0 Å². The van der Waals surface area contributed by atoms with Crippen LogP contribution in [0, 0.1) is 0 Å². The first-order valence-corrected chi connectivity index (χ1v) is 12.1. The number of nitrogens with one attached hydrogen (secondary N) is 1. The highest BCUT2D eigenvalue weighted by atomic mass is 79.9. The SMILES string of the molecule is O=C1NC(=O)N(c2ccc(Cl)c(Cl)c2)C(=O)/C1=C/c1cc(Br)ccc1OCc1ccc(Br)cc1. The number of barbiturate groups is 1. The van der Waals surface area contributed by atoms with Gasteiger partial charge in [-0.3, -0.25) is 14.9 Å². The van der Waals surface area contributed by atoms with Gasteiger partial charge >= 0.3 is 6.03 Å². The normalized spacial score (nSPS) is 15.0. The van der Waals surface area contributed by atoms with Crippen molar-refractivity contribution >= 4 is 84.7 Å². The number of halogens is 4. The van der Waals surface area contributed by atoms with Crippen LogP contribution in [0.2, 0.25) is 10.0 Å². The number of carbonyl (C=O) groups is 3. The molecule has 0 bridgehead atoms. The zero-order valence-electron chi connectivity index (χ0n) is 17.2. The molecule has 10 heteroatoms. The van der Waals surface area contributed by atoms with Gasteiger partial charge in [-0.25, -0.2) is 9.69 Å². The maximum Gasteiger partial charge on any atom is 0.335 e. The van der Waals surface area contributed by atoms with E-state index in [1.807, 2.05) is 24.3 Å². The molecule has 4 amide bonds. The molecule has 1 heterocycles. The molecule has 34 heavy (non-hydrogen) atoms. The first-order chi connectivity index (χ1) is 16.2. The van der Waals surface area contributed by atoms with Crippen LogP contribution in [0.25, 0.3) is 6.08 Å². The van der Waals surface area contributed by atoms with Crippen LogP contribution in [-0.4, -0.2) is 17.8 Å². The minimum Gasteiger partial charge on any atom is -0.488 e. The second-order valence-electron chi connectivity index (χ2n) is 7.15. The molecule has 0 aliphatic carbocycles. The quantitative estimate of drug-likeness (QED) is 0.251. The number of carbonyl (C=O) groups excluding carboxylic acids is 3. The molecule has 3 aromatic rings. The molecule has 6 nitrogen and oxygen atoms in total. The Bertz CT molecular complexity index is 1340. The first kappa shape index (κ1) is 24.5. The molecule has 4 rings (SSSR count). The zero-order valence-corrected chi connectivity index (χ0v) is 21.8. The lowest BCUT2D eigenvalue weighted by Crippen LogP contribution is -2.54. The maximum atomic E-state index is 13.2. The molecule has 0 unspecified atom stereocenters. The summed E-state index contributed by atoms with van der Waals surface area (Å²) in [7, 11) is 0. The van der Waals surface area contributed by atoms with E-state index in [0.717, 1.165) is 19.4 Å². The Hall–Kier alpha value is -2.65. The monoisotopic (exact) mass is 622 g/mol. The summed E-state index contributed by atoms with van der Waals surface area (Å²) >= 11 is 18.8. The fraction of sp³-hybridized carbons (Fsp3) is 0.0417. The van der Waals surface area contributed by atoms with Crippen LogP contribution >= 0.6 is 55.1 Å². The van der Waals surface area contributed by atoms with Gasteiger partial charge in [-0.2, -0.15) is 0 Å². The minimum atomic E-state index is -0.883. The molecule has 0 aromatic heterocycles. The van der Waals surface area contributed by atoms with Crippen molar-refractivity contribution in [3.8, 4) is 5.75 Å². The van der Waals surface area contributed by atoms with E-state index in [0.29, 0.717) is 11.3 Å². The molecule has 0 spiro atoms. The molecular weight excluding hydrogens is 611 g/mol. The Balaban J connectivity index is 1.67. The van der Waals surface area contributed by atoms with E-state index in [1.165, 1.54) is 24.3 Å². The van der Waals surface area contributed by atoms with Crippen LogP contribution in [-0.2, 0) is 16.2 Å². The second-order valence-corrected chi connectivity index (χ2v) is 9.80. The average molecular weight is 625 g/mol. The Kier molecular flexibility index (Phi) is 7.42. The highest BCUT2D eigenvalue weighted by Crippen LogP contribution is 2.31. The third kappa shape index (κ3) is 5.36. The number of nitrogens with zero attached hydrogens (tertiary/aromatic N) is 1. The van der Waals surface area contributed by atoms with E-state index in [1.54, 1.807) is 18.2 Å². The molecule has 1 N–H and O–H groups in total. The van der Waals surface area contributed by atoms with Crippen molar-refractivity contribution in [2.24, 2.45) is 0 Å². The Labute approximate surface area is 221 Å². The number of benzene rings is 3. The lowest BCUT2D eigenvalue weighted by molar-refractivity contribution is -0.122. The third-order valence-corrected chi connectivity index (χ3v) is 6.60. The summed E-state index contributed by atoms with van der Waals surface area (Å²) in [6, 6.07) is 16.3. The molecule has 1 aliphatic rings. The summed E-state index contributed by atoms with van der Waals surface area (Å²) in [6.07, 6.45) is 1.39. The van der Waals surface area contributed by atoms with Crippen molar-refractivity contribution in [1.29, 1.82) is 0 Å². The van der Waals surface area contributed by atoms with Crippen molar-refractivity contribution in [3.63, 3.8) is 0 Å². The van der Waals surface area contributed by atoms with Crippen molar-refractivity contribution < 1.29 is 19.1 Å². The summed E-state index contributed by atoms with van der Waals surface area (Å²) in [4.78, 5) is 39.0. The number of hydrogen-bond donors (Lipinski definition) is 1. The zero-order chi connectivity index (χ0) is 24.4. The number of anilines is 1. The molecule has 1 saturated heterocycles. The van der Waals surface area contributed by atoms with Gasteiger partial charge in [0.2, 0.25) is 0 Å². The van der Waals surface area contributed by atoms with Gasteiger partial charge in [0.15, 0.2) is 0 Å². The Morgan fingerprint density at radius 1 is 0.882 bits per heavy atom. The lowest BCUT2D eigenvalue weighted by atomic mass is 10.1. The smallest absolute Gasteiger partial charge is 0.335 e. The van der Waals surface area contributed by atoms with E-state index in [2.05, 4.69) is 37.2 Å². The standard InChI is InChI=1S/C24H14Br2Cl2N2O4/c25-15-3-1-13(2-4-15)12-34-21-8-5-16(26)9-14(21)10-18-22(31)29-24(33)30(23(18)32)17-6-7-19(27)20(28)11-17/h1-11H,12H2,(H,29,31,33)/b18-10+. The van der Waals surface area contributed by atoms with Crippen LogP contribution in [0.15, 0.2) is 75.2 Å². The molecule has 1 aliphatic heterocycles. The van der Waals surface area contributed by atoms with Gasteiger partial charge in [-0.1, -0.05) is 67.2 Å². The number of urea groups is 1. The lowest BCUT2D eigenvalue weighted by Gasteiger charge is -2.26. The molecule has 172 valence electrons. The van der Waals surface area contributed by atoms with Gasteiger partial charge in [0.05, 0.1) is 15.7 Å². The fourth-order valence-electron chi connectivity index (χ4n) is 3.18. The largest absolute Gasteiger partial charge is 0.488 e. The number of rotatable bonds is 5. The third-order valence-electron chi connectivity index (χ3n) is 4.84. The predicted octanol–water partition coefficient (Wildman–Crippen LogP) is 6.76. The number of ether oxygens (including phenoxy) is 1. The van der Waals surface area contributed by atoms with Crippen molar-refractivity contribution in [2.45, 2.75) is 6.61 Å². The van der Waals surface area contributed by atoms with Crippen molar-refractivity contribution in [3.05, 3.63) is 96.4 Å². The van der Waals surface area contributed by atoms with Gasteiger partial charge in [0, 0.05) is 14.5 Å². The topological polar surface area (TPSA) is 75.7 Å². The molecule has 3 aromatic carbocycles. The summed E-state index contributed by atoms with van der Waals surface area (Å²) < 4.78 is 7.63. The van der Waals surface area contributed by atoms with Gasteiger partial charge < -0.3 is 4.74 Å². The molecule has 0 radical (unpaired) electrons.